The average molecular weight is 607 g/mol. The molecule has 1 aliphatic heterocycles. The average Bonchev–Trinajstić information content (AvgIpc) is 3.37. The first-order chi connectivity index (χ1) is 21.1. The van der Waals surface area contributed by atoms with Crippen LogP contribution in [0.25, 0.3) is 22.0 Å². The lowest BCUT2D eigenvalue weighted by Gasteiger charge is -2.32. The molecular formula is C33H34F4N6O. The third-order valence-electron chi connectivity index (χ3n) is 7.58. The number of H-pyrrole nitrogens is 1. The normalized spacial score (nSPS) is 16.7. The van der Waals surface area contributed by atoms with Crippen LogP contribution < -0.4 is 5.32 Å². The summed E-state index contributed by atoms with van der Waals surface area (Å²) in [6, 6.07) is 16.8. The lowest BCUT2D eigenvalue weighted by Crippen LogP contribution is -2.42. The zero-order valence-corrected chi connectivity index (χ0v) is 24.5. The summed E-state index contributed by atoms with van der Waals surface area (Å²) in [6.07, 6.45) is 1.24. The number of piperidine rings is 1. The standard InChI is InChI=1S/C33H34F4N6O/c1-42(2)30(44)11-7-17-43-16-6-10-25(21-43)39-29-15-13-24(20-38-29)31(23-12-14-28-26(18-23)32(34)41-40-28)27(19-33(35,36)37)22-8-4-3-5-9-22/h3-5,7-9,11-15,18,20,25H,6,10,16-17,19,21H2,1-2H3,(H,38,39)(H,40,41)/b11-7?,31-27-. The molecule has 2 aromatic heterocycles. The number of nitrogens with one attached hydrogen (secondary N) is 2. The first-order valence-corrected chi connectivity index (χ1v) is 14.4. The topological polar surface area (TPSA) is 77.2 Å². The maximum absolute atomic E-state index is 14.4. The number of nitrogens with zero attached hydrogens (tertiary/aromatic N) is 4. The van der Waals surface area contributed by atoms with E-state index >= 15 is 0 Å². The molecule has 7 nitrogen and oxygen atoms in total. The molecule has 4 aromatic rings. The molecule has 11 heteroatoms. The Balaban J connectivity index is 1.45. The van der Waals surface area contributed by atoms with Crippen LogP contribution in [0.5, 0.6) is 0 Å². The minimum atomic E-state index is -4.49. The van der Waals surface area contributed by atoms with Crippen LogP contribution in [0.3, 0.4) is 0 Å². The predicted octanol–water partition coefficient (Wildman–Crippen LogP) is 6.53. The van der Waals surface area contributed by atoms with Crippen LogP contribution in [0.1, 0.15) is 36.0 Å². The van der Waals surface area contributed by atoms with E-state index in [4.69, 9.17) is 0 Å². The molecule has 5 rings (SSSR count). The van der Waals surface area contributed by atoms with E-state index in [0.29, 0.717) is 40.1 Å². The highest BCUT2D eigenvalue weighted by atomic mass is 19.4. The molecule has 0 bridgehead atoms. The first-order valence-electron chi connectivity index (χ1n) is 14.4. The molecule has 1 atom stereocenters. The van der Waals surface area contributed by atoms with Gasteiger partial charge in [0.1, 0.15) is 5.82 Å². The number of allylic oxidation sites excluding steroid dienone is 1. The van der Waals surface area contributed by atoms with Crippen LogP contribution >= 0.6 is 0 Å². The first kappa shape index (κ1) is 30.9. The van der Waals surface area contributed by atoms with Crippen molar-refractivity contribution in [3.63, 3.8) is 0 Å². The second-order valence-electron chi connectivity index (χ2n) is 11.1. The molecule has 2 N–H and O–H groups in total. The Kier molecular flexibility index (Phi) is 9.43. The Labute approximate surface area is 253 Å². The van der Waals surface area contributed by atoms with Crippen molar-refractivity contribution in [1.82, 2.24) is 25.0 Å². The van der Waals surface area contributed by atoms with Crippen molar-refractivity contribution in [2.75, 3.05) is 39.0 Å². The van der Waals surface area contributed by atoms with Gasteiger partial charge in [0.05, 0.1) is 17.3 Å². The summed E-state index contributed by atoms with van der Waals surface area (Å²) in [5, 5.41) is 9.84. The van der Waals surface area contributed by atoms with Crippen LogP contribution in [-0.4, -0.2) is 76.8 Å². The number of benzene rings is 2. The third-order valence-corrected chi connectivity index (χ3v) is 7.58. The molecule has 0 spiro atoms. The number of alkyl halides is 3. The molecule has 0 saturated carbocycles. The van der Waals surface area contributed by atoms with E-state index in [9.17, 15) is 22.4 Å². The summed E-state index contributed by atoms with van der Waals surface area (Å²) in [6.45, 7) is 2.33. The number of halogens is 4. The lowest BCUT2D eigenvalue weighted by molar-refractivity contribution is -0.124. The van der Waals surface area contributed by atoms with Crippen LogP contribution in [0, 0.1) is 5.95 Å². The minimum absolute atomic E-state index is 0.0603. The van der Waals surface area contributed by atoms with Crippen molar-refractivity contribution < 1.29 is 22.4 Å². The Morgan fingerprint density at radius 3 is 2.57 bits per heavy atom. The van der Waals surface area contributed by atoms with Crippen molar-refractivity contribution >= 4 is 33.8 Å². The zero-order chi connectivity index (χ0) is 31.3. The molecule has 3 heterocycles. The highest BCUT2D eigenvalue weighted by molar-refractivity contribution is 6.00. The van der Waals surface area contributed by atoms with Gasteiger partial charge in [0, 0.05) is 51.1 Å². The van der Waals surface area contributed by atoms with E-state index in [1.165, 1.54) is 11.0 Å². The number of likely N-dealkylation sites (tertiary alicyclic amines) is 1. The van der Waals surface area contributed by atoms with Gasteiger partial charge < -0.3 is 10.2 Å². The van der Waals surface area contributed by atoms with Gasteiger partial charge in [-0.15, -0.1) is 5.10 Å². The number of hydrogen-bond donors (Lipinski definition) is 2. The molecule has 1 fully saturated rings. The summed E-state index contributed by atoms with van der Waals surface area (Å²) < 4.78 is 56.4. The molecule has 1 aliphatic rings. The summed E-state index contributed by atoms with van der Waals surface area (Å²) >= 11 is 0. The molecular weight excluding hydrogens is 572 g/mol. The Bertz CT molecular complexity index is 1640. The van der Waals surface area contributed by atoms with E-state index in [-0.39, 0.29) is 22.9 Å². The SMILES string of the molecule is CN(C)C(=O)C=CCN1CCCC(Nc2ccc(/C(=C(/CC(F)(F)F)c3ccccc3)c3ccc4[nH]nc(F)c4c3)cn2)C1. The van der Waals surface area contributed by atoms with Crippen LogP contribution in [0.15, 0.2) is 79.0 Å². The Morgan fingerprint density at radius 2 is 1.86 bits per heavy atom. The summed E-state index contributed by atoms with van der Waals surface area (Å²) in [4.78, 5) is 20.2. The monoisotopic (exact) mass is 606 g/mol. The van der Waals surface area contributed by atoms with Gasteiger partial charge in [-0.05, 0) is 65.9 Å². The fraction of sp³-hybridized carbons (Fsp3) is 0.303. The maximum atomic E-state index is 14.4. The number of hydrogen-bond acceptors (Lipinski definition) is 5. The van der Waals surface area contributed by atoms with Crippen LogP contribution in [0.4, 0.5) is 23.4 Å². The van der Waals surface area contributed by atoms with E-state index in [1.807, 2.05) is 6.08 Å². The molecule has 2 aromatic carbocycles. The van der Waals surface area contributed by atoms with Crippen molar-refractivity contribution in [3.8, 4) is 0 Å². The molecule has 1 unspecified atom stereocenters. The second kappa shape index (κ2) is 13.4. The number of likely N-dealkylation sites (N-methyl/N-ethyl adjacent to an activating group) is 1. The molecule has 1 amide bonds. The Morgan fingerprint density at radius 1 is 1.09 bits per heavy atom. The largest absolute Gasteiger partial charge is 0.393 e. The summed E-state index contributed by atoms with van der Waals surface area (Å²) in [7, 11) is 3.42. The van der Waals surface area contributed by atoms with Crippen molar-refractivity contribution in [1.29, 1.82) is 0 Å². The molecule has 44 heavy (non-hydrogen) atoms. The third kappa shape index (κ3) is 7.71. The number of aromatic amines is 1. The van der Waals surface area contributed by atoms with Gasteiger partial charge in [-0.1, -0.05) is 42.5 Å². The minimum Gasteiger partial charge on any atom is -0.366 e. The number of fused-ring (bicyclic) bond motifs is 1. The highest BCUT2D eigenvalue weighted by Crippen LogP contribution is 2.40. The van der Waals surface area contributed by atoms with Crippen molar-refractivity contribution in [2.45, 2.75) is 31.5 Å². The second-order valence-corrected chi connectivity index (χ2v) is 11.1. The van der Waals surface area contributed by atoms with E-state index in [1.54, 1.807) is 81.0 Å². The number of anilines is 1. The van der Waals surface area contributed by atoms with Gasteiger partial charge in [0.15, 0.2) is 0 Å². The zero-order valence-electron chi connectivity index (χ0n) is 24.5. The summed E-state index contributed by atoms with van der Waals surface area (Å²) in [5.41, 5.74) is 2.14. The Hall–Kier alpha value is -4.51. The van der Waals surface area contributed by atoms with Crippen LogP contribution in [-0.2, 0) is 4.79 Å². The van der Waals surface area contributed by atoms with Gasteiger partial charge in [0.2, 0.25) is 11.9 Å². The van der Waals surface area contributed by atoms with Gasteiger partial charge in [-0.2, -0.15) is 17.6 Å². The number of aromatic nitrogens is 3. The number of amides is 1. The van der Waals surface area contributed by atoms with E-state index in [2.05, 4.69) is 25.4 Å². The van der Waals surface area contributed by atoms with E-state index < -0.39 is 18.5 Å². The number of rotatable bonds is 9. The number of carbonyl (C=O) groups is 1. The van der Waals surface area contributed by atoms with Gasteiger partial charge >= 0.3 is 6.18 Å². The number of carbonyl (C=O) groups excluding carboxylic acids is 1. The number of pyridine rings is 1. The van der Waals surface area contributed by atoms with Gasteiger partial charge in [0.25, 0.3) is 0 Å². The summed E-state index contributed by atoms with van der Waals surface area (Å²) in [5.74, 6) is -0.182. The van der Waals surface area contributed by atoms with Crippen molar-refractivity contribution in [2.24, 2.45) is 0 Å². The predicted molar refractivity (Wildman–Crippen MR) is 164 cm³/mol. The lowest BCUT2D eigenvalue weighted by atomic mass is 9.88. The van der Waals surface area contributed by atoms with Gasteiger partial charge in [-0.3, -0.25) is 14.8 Å². The van der Waals surface area contributed by atoms with E-state index in [0.717, 1.165) is 25.9 Å². The van der Waals surface area contributed by atoms with Gasteiger partial charge in [-0.25, -0.2) is 4.98 Å². The highest BCUT2D eigenvalue weighted by Gasteiger charge is 2.32. The fourth-order valence-corrected chi connectivity index (χ4v) is 5.45. The van der Waals surface area contributed by atoms with Crippen LogP contribution in [0.2, 0.25) is 0 Å². The smallest absolute Gasteiger partial charge is 0.366 e. The fourth-order valence-electron chi connectivity index (χ4n) is 5.45. The maximum Gasteiger partial charge on any atom is 0.393 e. The molecule has 1 saturated heterocycles. The molecule has 0 radical (unpaired) electrons. The quantitative estimate of drug-likeness (QED) is 0.129. The molecule has 230 valence electrons. The van der Waals surface area contributed by atoms with Crippen molar-refractivity contribution in [3.05, 3.63) is 102 Å². The molecule has 0 aliphatic carbocycles.